The molecule has 0 spiro atoms. The van der Waals surface area contributed by atoms with Crippen molar-refractivity contribution in [2.75, 3.05) is 46.2 Å². The topological polar surface area (TPSA) is 99.2 Å². The Bertz CT molecular complexity index is 663. The third-order valence-electron chi connectivity index (χ3n) is 4.37. The maximum absolute atomic E-state index is 11.5. The molecule has 1 aliphatic rings. The Hall–Kier alpha value is -2.16. The second-order valence-electron chi connectivity index (χ2n) is 8.59. The number of hydrogen-bond acceptors (Lipinski definition) is 7. The summed E-state index contributed by atoms with van der Waals surface area (Å²) in [7, 11) is 0. The quantitative estimate of drug-likeness (QED) is 0.195. The van der Waals surface area contributed by atoms with Gasteiger partial charge in [0, 0.05) is 36.5 Å². The van der Waals surface area contributed by atoms with Gasteiger partial charge in [0.05, 0.1) is 39.6 Å². The van der Waals surface area contributed by atoms with Crippen LogP contribution in [0.5, 0.6) is 0 Å². The van der Waals surface area contributed by atoms with Crippen molar-refractivity contribution in [3.8, 4) is 0 Å². The predicted molar refractivity (Wildman–Crippen MR) is 115 cm³/mol. The van der Waals surface area contributed by atoms with Gasteiger partial charge in [-0.1, -0.05) is 20.8 Å². The summed E-state index contributed by atoms with van der Waals surface area (Å²) in [5, 5.41) is 0. The number of ether oxygens (including phenoxy) is 3. The molecule has 8 heteroatoms. The summed E-state index contributed by atoms with van der Waals surface area (Å²) in [5.74, 6) is -0.604. The van der Waals surface area contributed by atoms with Gasteiger partial charge in [0.1, 0.15) is 0 Å². The first kappa shape index (κ1) is 26.9. The summed E-state index contributed by atoms with van der Waals surface area (Å²) in [6.45, 7) is 10.6. The fraction of sp³-hybridized carbons (Fsp3) is 0.652. The summed E-state index contributed by atoms with van der Waals surface area (Å²) >= 11 is 0. The van der Waals surface area contributed by atoms with Gasteiger partial charge < -0.3 is 14.2 Å². The van der Waals surface area contributed by atoms with Gasteiger partial charge in [-0.15, -0.1) is 0 Å². The average Bonchev–Trinajstić information content (AvgIpc) is 3.01. The molecule has 0 saturated carbocycles. The first-order valence-electron chi connectivity index (χ1n) is 10.6. The zero-order valence-corrected chi connectivity index (χ0v) is 19.1. The van der Waals surface area contributed by atoms with E-state index in [9.17, 15) is 19.2 Å². The van der Waals surface area contributed by atoms with Crippen LogP contribution >= 0.6 is 0 Å². The molecule has 1 rings (SSSR count). The molecule has 0 N–H and O–H groups in total. The lowest BCUT2D eigenvalue weighted by Gasteiger charge is -2.25. The van der Waals surface area contributed by atoms with E-state index in [-0.39, 0.29) is 41.3 Å². The van der Waals surface area contributed by atoms with Crippen LogP contribution in [0.3, 0.4) is 0 Å². The van der Waals surface area contributed by atoms with Gasteiger partial charge >= 0.3 is 0 Å². The van der Waals surface area contributed by atoms with Crippen LogP contribution in [0.1, 0.15) is 40.5 Å². The Morgan fingerprint density at radius 2 is 1.61 bits per heavy atom. The molecule has 31 heavy (non-hydrogen) atoms. The Morgan fingerprint density at radius 1 is 1.00 bits per heavy atom. The molecule has 174 valence electrons. The zero-order valence-electron chi connectivity index (χ0n) is 19.1. The Morgan fingerprint density at radius 3 is 2.26 bits per heavy atom. The number of amides is 2. The SMILES string of the molecule is CC(=O)/C=C\C(=O)CCCOCC(C)COCC(C)(C)COCCN1C(=O)C=CC1=O. The maximum Gasteiger partial charge on any atom is 0.253 e. The third-order valence-corrected chi connectivity index (χ3v) is 4.37. The van der Waals surface area contributed by atoms with Crippen molar-refractivity contribution in [1.29, 1.82) is 0 Å². The number of carbonyl (C=O) groups excluding carboxylic acids is 4. The standard InChI is InChI=1S/C23H35NO7/c1-18(14-29-12-5-6-20(26)8-7-19(2)25)15-31-17-23(3,4)16-30-13-11-24-21(27)9-10-22(24)28/h7-10,18H,5-6,11-17H2,1-4H3/b8-7-. The summed E-state index contributed by atoms with van der Waals surface area (Å²) in [5.41, 5.74) is -0.203. The van der Waals surface area contributed by atoms with Crippen molar-refractivity contribution in [1.82, 2.24) is 4.90 Å². The van der Waals surface area contributed by atoms with Crippen LogP contribution in [-0.2, 0) is 33.4 Å². The van der Waals surface area contributed by atoms with E-state index in [2.05, 4.69) is 0 Å². The van der Waals surface area contributed by atoms with Crippen molar-refractivity contribution in [2.24, 2.45) is 11.3 Å². The molecule has 0 bridgehead atoms. The fourth-order valence-electron chi connectivity index (χ4n) is 2.71. The molecule has 1 unspecified atom stereocenters. The van der Waals surface area contributed by atoms with Crippen LogP contribution in [0.2, 0.25) is 0 Å². The molecule has 1 aliphatic heterocycles. The Labute approximate surface area is 184 Å². The van der Waals surface area contributed by atoms with Crippen molar-refractivity contribution in [3.63, 3.8) is 0 Å². The van der Waals surface area contributed by atoms with Crippen LogP contribution in [-0.4, -0.2) is 74.5 Å². The largest absolute Gasteiger partial charge is 0.381 e. The molecule has 2 amide bonds. The second-order valence-corrected chi connectivity index (χ2v) is 8.59. The van der Waals surface area contributed by atoms with Crippen LogP contribution in [0.15, 0.2) is 24.3 Å². The van der Waals surface area contributed by atoms with E-state index in [0.717, 1.165) is 4.90 Å². The van der Waals surface area contributed by atoms with Crippen LogP contribution in [0.4, 0.5) is 0 Å². The molecule has 1 heterocycles. The van der Waals surface area contributed by atoms with Crippen molar-refractivity contribution in [2.45, 2.75) is 40.5 Å². The number of rotatable bonds is 17. The number of allylic oxidation sites excluding steroid dienone is 2. The molecule has 0 aromatic rings. The van der Waals surface area contributed by atoms with E-state index in [4.69, 9.17) is 14.2 Å². The van der Waals surface area contributed by atoms with Gasteiger partial charge in [0.25, 0.3) is 11.8 Å². The highest BCUT2D eigenvalue weighted by Gasteiger charge is 2.24. The molecule has 0 aromatic carbocycles. The minimum Gasteiger partial charge on any atom is -0.381 e. The number of imide groups is 1. The number of carbonyl (C=O) groups is 4. The predicted octanol–water partition coefficient (Wildman–Crippen LogP) is 2.12. The Balaban J connectivity index is 2.06. The first-order chi connectivity index (χ1) is 14.6. The second kappa shape index (κ2) is 14.0. The summed E-state index contributed by atoms with van der Waals surface area (Å²) in [6, 6.07) is 0. The highest BCUT2D eigenvalue weighted by Crippen LogP contribution is 2.17. The third kappa shape index (κ3) is 12.3. The summed E-state index contributed by atoms with van der Waals surface area (Å²) < 4.78 is 17.0. The normalized spacial score (nSPS) is 15.3. The lowest BCUT2D eigenvalue weighted by molar-refractivity contribution is -0.138. The molecular weight excluding hydrogens is 402 g/mol. The molecule has 0 fully saturated rings. The van der Waals surface area contributed by atoms with Crippen LogP contribution in [0.25, 0.3) is 0 Å². The van der Waals surface area contributed by atoms with E-state index >= 15 is 0 Å². The highest BCUT2D eigenvalue weighted by atomic mass is 16.5. The zero-order chi connectivity index (χ0) is 23.3. The fourth-order valence-corrected chi connectivity index (χ4v) is 2.71. The molecule has 1 atom stereocenters. The monoisotopic (exact) mass is 437 g/mol. The van der Waals surface area contributed by atoms with E-state index < -0.39 is 0 Å². The van der Waals surface area contributed by atoms with Crippen LogP contribution in [0, 0.1) is 11.3 Å². The minimum atomic E-state index is -0.302. The van der Waals surface area contributed by atoms with Gasteiger partial charge in [-0.3, -0.25) is 24.1 Å². The lowest BCUT2D eigenvalue weighted by atomic mass is 9.96. The molecule has 8 nitrogen and oxygen atoms in total. The molecular formula is C23H35NO7. The van der Waals surface area contributed by atoms with Crippen molar-refractivity contribution < 1.29 is 33.4 Å². The van der Waals surface area contributed by atoms with Gasteiger partial charge in [-0.05, 0) is 25.5 Å². The van der Waals surface area contributed by atoms with Gasteiger partial charge in [0.15, 0.2) is 11.6 Å². The molecule has 0 saturated heterocycles. The average molecular weight is 438 g/mol. The Kier molecular flexibility index (Phi) is 12.1. The van der Waals surface area contributed by atoms with E-state index in [1.54, 1.807) is 0 Å². The van der Waals surface area contributed by atoms with Gasteiger partial charge in [-0.2, -0.15) is 0 Å². The van der Waals surface area contributed by atoms with Crippen molar-refractivity contribution >= 4 is 23.4 Å². The number of hydrogen-bond donors (Lipinski definition) is 0. The smallest absolute Gasteiger partial charge is 0.253 e. The van der Waals surface area contributed by atoms with Crippen LogP contribution < -0.4 is 0 Å². The molecule has 0 aromatic heterocycles. The molecule has 0 radical (unpaired) electrons. The summed E-state index contributed by atoms with van der Waals surface area (Å²) in [4.78, 5) is 46.4. The summed E-state index contributed by atoms with van der Waals surface area (Å²) in [6.07, 6.45) is 6.09. The van der Waals surface area contributed by atoms with Gasteiger partial charge in [-0.25, -0.2) is 0 Å². The minimum absolute atomic E-state index is 0.0741. The maximum atomic E-state index is 11.5. The highest BCUT2D eigenvalue weighted by molar-refractivity contribution is 6.12. The first-order valence-corrected chi connectivity index (χ1v) is 10.6. The number of ketones is 2. The lowest BCUT2D eigenvalue weighted by Crippen LogP contribution is -2.34. The van der Waals surface area contributed by atoms with E-state index in [1.807, 2.05) is 20.8 Å². The van der Waals surface area contributed by atoms with E-state index in [0.29, 0.717) is 52.5 Å². The number of nitrogens with zero attached hydrogens (tertiary/aromatic N) is 1. The van der Waals surface area contributed by atoms with E-state index in [1.165, 1.54) is 31.2 Å². The van der Waals surface area contributed by atoms with Gasteiger partial charge in [0.2, 0.25) is 0 Å². The molecule has 0 aliphatic carbocycles. The van der Waals surface area contributed by atoms with Crippen molar-refractivity contribution in [3.05, 3.63) is 24.3 Å².